The number of hydrogen-bond acceptors (Lipinski definition) is 9. The fraction of sp³-hybridized carbons (Fsp3) is 0.705. The lowest BCUT2D eigenvalue weighted by molar-refractivity contribution is -0.161. The van der Waals surface area contributed by atoms with Gasteiger partial charge >= 0.3 is 25.7 Å². The summed E-state index contributed by atoms with van der Waals surface area (Å²) in [6.07, 6.45) is 44.4. The first-order chi connectivity index (χ1) is 27.1. The third kappa shape index (κ3) is 38.1. The number of aliphatic carboxylic acids is 1. The van der Waals surface area contributed by atoms with E-state index < -0.39 is 51.1 Å². The molecule has 0 radical (unpaired) electrons. The van der Waals surface area contributed by atoms with Crippen molar-refractivity contribution in [1.82, 2.24) is 0 Å². The summed E-state index contributed by atoms with van der Waals surface area (Å²) < 4.78 is 32.6. The van der Waals surface area contributed by atoms with Crippen LogP contribution >= 0.6 is 7.82 Å². The first-order valence-corrected chi connectivity index (χ1v) is 22.8. The van der Waals surface area contributed by atoms with Crippen molar-refractivity contribution < 1.29 is 47.5 Å². The van der Waals surface area contributed by atoms with Crippen LogP contribution in [-0.4, -0.2) is 59.9 Å². The van der Waals surface area contributed by atoms with Crippen molar-refractivity contribution in [3.05, 3.63) is 60.8 Å². The van der Waals surface area contributed by atoms with Crippen LogP contribution in [0.4, 0.5) is 0 Å². The van der Waals surface area contributed by atoms with Crippen molar-refractivity contribution in [3.63, 3.8) is 0 Å². The van der Waals surface area contributed by atoms with Crippen molar-refractivity contribution in [1.29, 1.82) is 0 Å². The average molecular weight is 810 g/mol. The lowest BCUT2D eigenvalue weighted by atomic mass is 10.1. The van der Waals surface area contributed by atoms with Crippen molar-refractivity contribution in [2.75, 3.05) is 19.8 Å². The van der Waals surface area contributed by atoms with Gasteiger partial charge in [0.1, 0.15) is 12.6 Å². The molecule has 1 unspecified atom stereocenters. The van der Waals surface area contributed by atoms with E-state index in [9.17, 15) is 23.8 Å². The number of carboxylic acid groups (broad SMARTS) is 1. The number of rotatable bonds is 39. The Labute approximate surface area is 338 Å². The molecule has 3 atom stereocenters. The second-order valence-electron chi connectivity index (χ2n) is 14.1. The molecular weight excluding hydrogens is 733 g/mol. The van der Waals surface area contributed by atoms with Crippen LogP contribution < -0.4 is 5.73 Å². The van der Waals surface area contributed by atoms with Crippen LogP contribution in [0.3, 0.4) is 0 Å². The molecule has 0 amide bonds. The van der Waals surface area contributed by atoms with Crippen LogP contribution in [0.25, 0.3) is 0 Å². The number of esters is 2. The average Bonchev–Trinajstić information content (AvgIpc) is 3.17. The topological polar surface area (TPSA) is 172 Å². The van der Waals surface area contributed by atoms with Gasteiger partial charge in [0, 0.05) is 12.8 Å². The monoisotopic (exact) mass is 810 g/mol. The van der Waals surface area contributed by atoms with Gasteiger partial charge in [-0.2, -0.15) is 0 Å². The molecular formula is C44H76NO10P. The molecule has 0 rings (SSSR count). The van der Waals surface area contributed by atoms with Crippen molar-refractivity contribution >= 4 is 25.7 Å². The summed E-state index contributed by atoms with van der Waals surface area (Å²) in [5.41, 5.74) is 5.32. The molecule has 0 aromatic rings. The maximum Gasteiger partial charge on any atom is 0.472 e. The number of phosphoric acid groups is 1. The van der Waals surface area contributed by atoms with Gasteiger partial charge in [-0.05, 0) is 77.0 Å². The van der Waals surface area contributed by atoms with E-state index in [0.29, 0.717) is 19.3 Å². The van der Waals surface area contributed by atoms with E-state index in [1.165, 1.54) is 77.0 Å². The molecule has 12 heteroatoms. The van der Waals surface area contributed by atoms with Gasteiger partial charge in [-0.25, -0.2) is 4.57 Å². The standard InChI is InChI=1S/C44H76NO10P/c1-3-5-7-9-11-13-15-17-19-20-22-23-25-27-29-31-33-35-42(46)52-37-40(38-53-56(50,51)54-39-41(45)44(48)49)55-43(47)36-34-32-30-28-26-24-21-18-16-14-12-10-8-6-4-2/h12,14,18,21-23,26-29,40-41H,3-11,13,15-17,19-20,24-25,30-39,45H2,1-2H3,(H,48,49)(H,50,51)/b14-12+,21-18+,23-22+,28-26+,29-27+/t40-,41+/m1/s1. The molecule has 0 heterocycles. The summed E-state index contributed by atoms with van der Waals surface area (Å²) in [5, 5.41) is 8.88. The molecule has 0 aliphatic rings. The summed E-state index contributed by atoms with van der Waals surface area (Å²) in [7, 11) is -4.74. The normalized spacial score (nSPS) is 14.4. The number of carbonyl (C=O) groups is 3. The molecule has 4 N–H and O–H groups in total. The smallest absolute Gasteiger partial charge is 0.472 e. The maximum atomic E-state index is 12.6. The second-order valence-corrected chi connectivity index (χ2v) is 15.6. The molecule has 322 valence electrons. The van der Waals surface area contributed by atoms with Gasteiger partial charge in [-0.1, -0.05) is 139 Å². The lowest BCUT2D eigenvalue weighted by Crippen LogP contribution is -2.34. The fourth-order valence-electron chi connectivity index (χ4n) is 5.34. The van der Waals surface area contributed by atoms with Crippen LogP contribution in [0.2, 0.25) is 0 Å². The van der Waals surface area contributed by atoms with Crippen LogP contribution in [0.1, 0.15) is 168 Å². The number of hydrogen-bond donors (Lipinski definition) is 3. The predicted octanol–water partition coefficient (Wildman–Crippen LogP) is 11.2. The van der Waals surface area contributed by atoms with Crippen LogP contribution in [0, 0.1) is 0 Å². The van der Waals surface area contributed by atoms with Gasteiger partial charge in [0.2, 0.25) is 0 Å². The highest BCUT2D eigenvalue weighted by Crippen LogP contribution is 2.43. The third-order valence-electron chi connectivity index (χ3n) is 8.74. The third-order valence-corrected chi connectivity index (χ3v) is 9.69. The minimum atomic E-state index is -4.74. The zero-order valence-corrected chi connectivity index (χ0v) is 35.6. The molecule has 56 heavy (non-hydrogen) atoms. The Morgan fingerprint density at radius 1 is 0.554 bits per heavy atom. The Hall–Kier alpha value is -2.82. The highest BCUT2D eigenvalue weighted by molar-refractivity contribution is 7.47. The molecule has 0 spiro atoms. The number of carboxylic acids is 1. The number of unbranched alkanes of at least 4 members (excludes halogenated alkanes) is 15. The summed E-state index contributed by atoms with van der Waals surface area (Å²) in [5.74, 6) is -2.49. The molecule has 0 aliphatic heterocycles. The van der Waals surface area contributed by atoms with E-state index >= 15 is 0 Å². The number of nitrogens with two attached hydrogens (primary N) is 1. The van der Waals surface area contributed by atoms with E-state index in [1.807, 2.05) is 6.08 Å². The maximum absolute atomic E-state index is 12.6. The summed E-state index contributed by atoms with van der Waals surface area (Å²) in [4.78, 5) is 45.9. The van der Waals surface area contributed by atoms with Crippen LogP contribution in [0.5, 0.6) is 0 Å². The van der Waals surface area contributed by atoms with E-state index in [2.05, 4.69) is 73.1 Å². The van der Waals surface area contributed by atoms with Crippen LogP contribution in [0.15, 0.2) is 60.8 Å². The van der Waals surface area contributed by atoms with Crippen molar-refractivity contribution in [3.8, 4) is 0 Å². The van der Waals surface area contributed by atoms with Gasteiger partial charge < -0.3 is 25.2 Å². The van der Waals surface area contributed by atoms with E-state index in [4.69, 9.17) is 24.8 Å². The molecule has 0 fully saturated rings. The van der Waals surface area contributed by atoms with Gasteiger partial charge in [0.25, 0.3) is 0 Å². The number of phosphoric ester groups is 1. The number of ether oxygens (including phenoxy) is 2. The minimum Gasteiger partial charge on any atom is -0.480 e. The van der Waals surface area contributed by atoms with Gasteiger partial charge in [0.15, 0.2) is 6.10 Å². The zero-order chi connectivity index (χ0) is 41.4. The molecule has 0 saturated heterocycles. The molecule has 0 aliphatic carbocycles. The first-order valence-electron chi connectivity index (χ1n) is 21.3. The highest BCUT2D eigenvalue weighted by Gasteiger charge is 2.28. The van der Waals surface area contributed by atoms with Crippen molar-refractivity contribution in [2.24, 2.45) is 5.73 Å². The number of allylic oxidation sites excluding steroid dienone is 10. The molecule has 0 aromatic carbocycles. The molecule has 0 saturated carbocycles. The quantitative estimate of drug-likeness (QED) is 0.0233. The second kappa shape index (κ2) is 39.0. The summed E-state index contributed by atoms with van der Waals surface area (Å²) in [6.45, 7) is 2.68. The Kier molecular flexibility index (Phi) is 37.1. The largest absolute Gasteiger partial charge is 0.480 e. The predicted molar refractivity (Wildman–Crippen MR) is 226 cm³/mol. The minimum absolute atomic E-state index is 0.101. The zero-order valence-electron chi connectivity index (χ0n) is 34.7. The van der Waals surface area contributed by atoms with Gasteiger partial charge in [0.05, 0.1) is 13.2 Å². The molecule has 0 aromatic heterocycles. The van der Waals surface area contributed by atoms with E-state index in [-0.39, 0.29) is 19.4 Å². The summed E-state index contributed by atoms with van der Waals surface area (Å²) in [6, 6.07) is -1.53. The molecule has 11 nitrogen and oxygen atoms in total. The fourth-order valence-corrected chi connectivity index (χ4v) is 6.12. The first kappa shape index (κ1) is 53.2. The lowest BCUT2D eigenvalue weighted by Gasteiger charge is -2.20. The highest BCUT2D eigenvalue weighted by atomic mass is 31.2. The van der Waals surface area contributed by atoms with Gasteiger partial charge in [-0.3, -0.25) is 23.4 Å². The van der Waals surface area contributed by atoms with Crippen molar-refractivity contribution in [2.45, 2.75) is 180 Å². The van der Waals surface area contributed by atoms with Crippen LogP contribution in [-0.2, 0) is 37.5 Å². The summed E-state index contributed by atoms with van der Waals surface area (Å²) >= 11 is 0. The SMILES string of the molecule is CCCCC/C=C/C/C=C/C/C=C/CCCCC(=O)O[C@H](COC(=O)CCC/C=C/C/C=C/CCCCCCCCCCC)COP(=O)(O)OC[C@H](N)C(=O)O. The Morgan fingerprint density at radius 3 is 1.50 bits per heavy atom. The Morgan fingerprint density at radius 2 is 0.964 bits per heavy atom. The number of carbonyl (C=O) groups excluding carboxylic acids is 2. The Balaban J connectivity index is 4.51. The Bertz CT molecular complexity index is 1180. The van der Waals surface area contributed by atoms with E-state index in [1.54, 1.807) is 0 Å². The molecule has 0 bridgehead atoms. The van der Waals surface area contributed by atoms with E-state index in [0.717, 1.165) is 44.9 Å². The van der Waals surface area contributed by atoms with Gasteiger partial charge in [-0.15, -0.1) is 0 Å².